The second kappa shape index (κ2) is 11.8. The number of nitrogens with zero attached hydrogens (tertiary/aromatic N) is 3. The number of hydrogen-bond donors (Lipinski definition) is 1. The summed E-state index contributed by atoms with van der Waals surface area (Å²) in [7, 11) is 3.14. The van der Waals surface area contributed by atoms with Crippen LogP contribution in [0.3, 0.4) is 0 Å². The predicted molar refractivity (Wildman–Crippen MR) is 141 cm³/mol. The normalized spacial score (nSPS) is 11.6. The molecule has 1 N–H and O–H groups in total. The van der Waals surface area contributed by atoms with Crippen LogP contribution in [0.4, 0.5) is 5.69 Å². The van der Waals surface area contributed by atoms with Crippen molar-refractivity contribution in [3.8, 4) is 17.2 Å². The Morgan fingerprint density at radius 1 is 0.943 bits per heavy atom. The molecule has 9 heteroatoms. The Morgan fingerprint density at radius 2 is 1.63 bits per heavy atom. The zero-order valence-corrected chi connectivity index (χ0v) is 21.3. The van der Waals surface area contributed by atoms with E-state index >= 15 is 0 Å². The number of para-hydroxylation sites is 1. The van der Waals surface area contributed by atoms with Crippen molar-refractivity contribution >= 4 is 35.1 Å². The fourth-order valence-corrected chi connectivity index (χ4v) is 5.06. The number of anilines is 1. The van der Waals surface area contributed by atoms with Crippen molar-refractivity contribution in [2.24, 2.45) is 0 Å². The lowest BCUT2D eigenvalue weighted by Crippen LogP contribution is -2.23. The molecule has 1 unspecified atom stereocenters. The highest BCUT2D eigenvalue weighted by atomic mass is 32.2. The van der Waals surface area contributed by atoms with Crippen LogP contribution in [0.15, 0.2) is 88.9 Å². The van der Waals surface area contributed by atoms with E-state index in [1.54, 1.807) is 44.2 Å². The summed E-state index contributed by atoms with van der Waals surface area (Å²) < 4.78 is 12.6. The molecule has 4 rings (SSSR count). The summed E-state index contributed by atoms with van der Waals surface area (Å²) in [6, 6.07) is 25.4. The average Bonchev–Trinajstić information content (AvgIpc) is 3.30. The van der Waals surface area contributed by atoms with Crippen molar-refractivity contribution in [3.63, 3.8) is 0 Å². The van der Waals surface area contributed by atoms with Crippen LogP contribution in [-0.2, 0) is 10.5 Å². The number of thioether (sulfide) groups is 2. The van der Waals surface area contributed by atoms with Crippen LogP contribution in [-0.4, -0.2) is 40.1 Å². The Bertz CT molecular complexity index is 1270. The molecule has 0 saturated carbocycles. The quantitative estimate of drug-likeness (QED) is 0.277. The molecule has 0 fully saturated rings. The summed E-state index contributed by atoms with van der Waals surface area (Å²) in [4.78, 5) is 14.1. The molecular formula is C26H26N4O3S2. The molecule has 4 aromatic rings. The van der Waals surface area contributed by atoms with E-state index in [1.165, 1.54) is 11.8 Å². The van der Waals surface area contributed by atoms with Crippen molar-refractivity contribution in [1.82, 2.24) is 14.8 Å². The van der Waals surface area contributed by atoms with Gasteiger partial charge in [0.2, 0.25) is 5.91 Å². The maximum absolute atomic E-state index is 13.0. The second-order valence-electron chi connectivity index (χ2n) is 7.49. The molecule has 0 aliphatic carbocycles. The first-order valence-electron chi connectivity index (χ1n) is 11.0. The van der Waals surface area contributed by atoms with Gasteiger partial charge in [0.15, 0.2) is 16.7 Å². The van der Waals surface area contributed by atoms with Crippen molar-refractivity contribution < 1.29 is 14.3 Å². The van der Waals surface area contributed by atoms with Gasteiger partial charge in [0.05, 0.1) is 25.2 Å². The number of aromatic nitrogens is 3. The topological polar surface area (TPSA) is 78.3 Å². The van der Waals surface area contributed by atoms with Gasteiger partial charge >= 0.3 is 0 Å². The lowest BCUT2D eigenvalue weighted by atomic mass is 10.2. The van der Waals surface area contributed by atoms with E-state index in [9.17, 15) is 4.79 Å². The third-order valence-electron chi connectivity index (χ3n) is 5.13. The lowest BCUT2D eigenvalue weighted by Gasteiger charge is -2.15. The van der Waals surface area contributed by atoms with Gasteiger partial charge in [-0.25, -0.2) is 0 Å². The minimum absolute atomic E-state index is 0.148. The van der Waals surface area contributed by atoms with Crippen molar-refractivity contribution in [2.75, 3.05) is 19.5 Å². The fourth-order valence-electron chi connectivity index (χ4n) is 3.34. The highest BCUT2D eigenvalue weighted by Crippen LogP contribution is 2.32. The largest absolute Gasteiger partial charge is 0.493 e. The predicted octanol–water partition coefficient (Wildman–Crippen LogP) is 5.70. The Hall–Kier alpha value is -3.43. The van der Waals surface area contributed by atoms with Crippen LogP contribution in [0.5, 0.6) is 11.5 Å². The van der Waals surface area contributed by atoms with Gasteiger partial charge < -0.3 is 14.8 Å². The molecule has 1 atom stereocenters. The monoisotopic (exact) mass is 506 g/mol. The van der Waals surface area contributed by atoms with Crippen molar-refractivity contribution in [2.45, 2.75) is 28.0 Å². The molecule has 0 radical (unpaired) electrons. The van der Waals surface area contributed by atoms with Crippen molar-refractivity contribution in [1.29, 1.82) is 0 Å². The first-order valence-corrected chi connectivity index (χ1v) is 12.8. The van der Waals surface area contributed by atoms with Gasteiger partial charge in [-0.2, -0.15) is 0 Å². The van der Waals surface area contributed by atoms with Crippen LogP contribution in [0.25, 0.3) is 5.69 Å². The number of nitrogens with one attached hydrogen (secondary N) is 1. The molecule has 0 aliphatic rings. The summed E-state index contributed by atoms with van der Waals surface area (Å²) in [5.74, 6) is 2.48. The van der Waals surface area contributed by atoms with Gasteiger partial charge in [-0.1, -0.05) is 48.2 Å². The number of amides is 1. The van der Waals surface area contributed by atoms with Gasteiger partial charge in [-0.15, -0.1) is 22.0 Å². The van der Waals surface area contributed by atoms with Crippen LogP contribution in [0, 0.1) is 0 Å². The molecule has 0 saturated heterocycles. The summed E-state index contributed by atoms with van der Waals surface area (Å²) in [6.45, 7) is 1.85. The van der Waals surface area contributed by atoms with Crippen LogP contribution < -0.4 is 14.8 Å². The Balaban J connectivity index is 1.51. The van der Waals surface area contributed by atoms with Gasteiger partial charge in [-0.05, 0) is 43.3 Å². The molecule has 35 heavy (non-hydrogen) atoms. The lowest BCUT2D eigenvalue weighted by molar-refractivity contribution is -0.115. The van der Waals surface area contributed by atoms with E-state index < -0.39 is 5.25 Å². The minimum Gasteiger partial charge on any atom is -0.493 e. The third-order valence-corrected chi connectivity index (χ3v) is 7.18. The van der Waals surface area contributed by atoms with E-state index in [0.29, 0.717) is 28.1 Å². The van der Waals surface area contributed by atoms with Gasteiger partial charge in [0.25, 0.3) is 0 Å². The minimum atomic E-state index is -0.413. The molecule has 0 spiro atoms. The number of ether oxygens (including phenoxy) is 2. The van der Waals surface area contributed by atoms with E-state index in [2.05, 4.69) is 27.6 Å². The molecule has 0 bridgehead atoms. The first kappa shape index (κ1) is 24.7. The number of benzene rings is 3. The maximum Gasteiger partial charge on any atom is 0.237 e. The summed E-state index contributed by atoms with van der Waals surface area (Å²) in [6.07, 6.45) is 0. The summed E-state index contributed by atoms with van der Waals surface area (Å²) in [5, 5.41) is 12.1. The van der Waals surface area contributed by atoms with Crippen LogP contribution in [0.2, 0.25) is 0 Å². The molecule has 1 aromatic heterocycles. The van der Waals surface area contributed by atoms with Crippen LogP contribution >= 0.6 is 23.5 Å². The number of carbonyl (C=O) groups excluding carboxylic acids is 1. The van der Waals surface area contributed by atoms with E-state index in [-0.39, 0.29) is 5.91 Å². The highest BCUT2D eigenvalue weighted by Gasteiger charge is 2.22. The van der Waals surface area contributed by atoms with E-state index in [4.69, 9.17) is 9.47 Å². The maximum atomic E-state index is 13.0. The zero-order valence-electron chi connectivity index (χ0n) is 19.7. The van der Waals surface area contributed by atoms with Gasteiger partial charge in [0, 0.05) is 22.3 Å². The second-order valence-corrected chi connectivity index (χ2v) is 9.85. The summed E-state index contributed by atoms with van der Waals surface area (Å²) in [5.41, 5.74) is 1.58. The molecule has 180 valence electrons. The van der Waals surface area contributed by atoms with Gasteiger partial charge in [-0.3, -0.25) is 9.36 Å². The van der Waals surface area contributed by atoms with Gasteiger partial charge in [0.1, 0.15) is 5.82 Å². The standard InChI is InChI=1S/C26H26N4O3S2/c1-18(25(31)27-19-14-15-22(32-2)23(16-19)33-3)35-26-29-28-24(17-34-21-12-8-5-9-13-21)30(26)20-10-6-4-7-11-20/h4-16,18H,17H2,1-3H3,(H,27,31). The molecule has 7 nitrogen and oxygen atoms in total. The smallest absolute Gasteiger partial charge is 0.237 e. The highest BCUT2D eigenvalue weighted by molar-refractivity contribution is 8.00. The molecule has 1 amide bonds. The molecular weight excluding hydrogens is 480 g/mol. The SMILES string of the molecule is COc1ccc(NC(=O)C(C)Sc2nnc(CSc3ccccc3)n2-c2ccccc2)cc1OC. The van der Waals surface area contributed by atoms with Crippen LogP contribution in [0.1, 0.15) is 12.7 Å². The number of hydrogen-bond acceptors (Lipinski definition) is 7. The van der Waals surface area contributed by atoms with E-state index in [1.807, 2.05) is 60.0 Å². The third kappa shape index (κ3) is 6.17. The number of carbonyl (C=O) groups is 1. The average molecular weight is 507 g/mol. The first-order chi connectivity index (χ1) is 17.1. The Morgan fingerprint density at radius 3 is 2.31 bits per heavy atom. The zero-order chi connectivity index (χ0) is 24.6. The fraction of sp³-hybridized carbons (Fsp3) is 0.192. The molecule has 3 aromatic carbocycles. The Kier molecular flexibility index (Phi) is 8.33. The van der Waals surface area contributed by atoms with E-state index in [0.717, 1.165) is 16.4 Å². The number of rotatable bonds is 10. The number of methoxy groups -OCH3 is 2. The van der Waals surface area contributed by atoms with Crippen molar-refractivity contribution in [3.05, 3.63) is 84.7 Å². The summed E-state index contributed by atoms with van der Waals surface area (Å²) >= 11 is 3.06. The molecule has 0 aliphatic heterocycles. The molecule has 1 heterocycles. The Labute approximate surface area is 213 Å².